The van der Waals surface area contributed by atoms with Crippen molar-refractivity contribution in [1.29, 1.82) is 0 Å². The molecular weight excluding hydrogens is 282 g/mol. The summed E-state index contributed by atoms with van der Waals surface area (Å²) in [6.07, 6.45) is 0.806. The molecule has 1 saturated heterocycles. The molecule has 0 bridgehead atoms. The predicted molar refractivity (Wildman–Crippen MR) is 76.5 cm³/mol. The minimum absolute atomic E-state index is 0.0681. The first-order valence-electron chi connectivity index (χ1n) is 6.89. The first-order chi connectivity index (χ1) is 9.15. The summed E-state index contributed by atoms with van der Waals surface area (Å²) in [4.78, 5) is 25.7. The molecule has 5 nitrogen and oxygen atoms in total. The smallest absolute Gasteiger partial charge is 0.410 e. The molecule has 0 aromatic rings. The predicted octanol–water partition coefficient (Wildman–Crippen LogP) is 3.15. The van der Waals surface area contributed by atoms with Gasteiger partial charge in [0.25, 0.3) is 0 Å². The van der Waals surface area contributed by atoms with E-state index in [2.05, 4.69) is 0 Å². The molecule has 1 rings (SSSR count). The SMILES string of the molecule is C[C@@H]1CC(C(=O)OCCl)C[C@H](C)N1C(=O)OC(C)(C)C. The second kappa shape index (κ2) is 6.66. The molecule has 1 heterocycles. The third-order valence-electron chi connectivity index (χ3n) is 3.34. The Morgan fingerprint density at radius 1 is 1.20 bits per heavy atom. The molecular formula is C14H24ClNO4. The number of nitrogens with zero attached hydrogens (tertiary/aromatic N) is 1. The van der Waals surface area contributed by atoms with Gasteiger partial charge in [0.15, 0.2) is 6.07 Å². The van der Waals surface area contributed by atoms with E-state index in [0.29, 0.717) is 12.8 Å². The first-order valence-corrected chi connectivity index (χ1v) is 7.43. The molecule has 0 aromatic carbocycles. The lowest BCUT2D eigenvalue weighted by Crippen LogP contribution is -2.52. The van der Waals surface area contributed by atoms with E-state index in [4.69, 9.17) is 21.1 Å². The van der Waals surface area contributed by atoms with Gasteiger partial charge in [-0.2, -0.15) is 0 Å². The zero-order valence-electron chi connectivity index (χ0n) is 12.8. The number of carbonyl (C=O) groups is 2. The molecule has 0 radical (unpaired) electrons. The van der Waals surface area contributed by atoms with Crippen LogP contribution in [0.1, 0.15) is 47.5 Å². The highest BCUT2D eigenvalue weighted by molar-refractivity contribution is 6.17. The summed E-state index contributed by atoms with van der Waals surface area (Å²) in [6, 6.07) is -0.267. The van der Waals surface area contributed by atoms with Gasteiger partial charge >= 0.3 is 12.1 Å². The first kappa shape index (κ1) is 17.1. The van der Waals surface area contributed by atoms with Gasteiger partial charge in [-0.25, -0.2) is 4.79 Å². The topological polar surface area (TPSA) is 55.8 Å². The molecule has 116 valence electrons. The summed E-state index contributed by atoms with van der Waals surface area (Å²) < 4.78 is 10.3. The average molecular weight is 306 g/mol. The molecule has 1 unspecified atom stereocenters. The summed E-state index contributed by atoms with van der Waals surface area (Å²) in [6.45, 7) is 9.35. The normalized spacial score (nSPS) is 27.1. The lowest BCUT2D eigenvalue weighted by molar-refractivity contribution is -0.149. The van der Waals surface area contributed by atoms with Crippen molar-refractivity contribution in [3.05, 3.63) is 0 Å². The van der Waals surface area contributed by atoms with Crippen molar-refractivity contribution in [3.8, 4) is 0 Å². The van der Waals surface area contributed by atoms with Crippen molar-refractivity contribution in [1.82, 2.24) is 4.90 Å². The van der Waals surface area contributed by atoms with E-state index in [1.165, 1.54) is 0 Å². The number of rotatable bonds is 2. The van der Waals surface area contributed by atoms with Crippen LogP contribution in [0.2, 0.25) is 0 Å². The van der Waals surface area contributed by atoms with Gasteiger partial charge in [0.1, 0.15) is 5.60 Å². The Morgan fingerprint density at radius 2 is 1.70 bits per heavy atom. The van der Waals surface area contributed by atoms with Crippen LogP contribution in [0, 0.1) is 5.92 Å². The fraction of sp³-hybridized carbons (Fsp3) is 0.857. The van der Waals surface area contributed by atoms with Crippen molar-refractivity contribution < 1.29 is 19.1 Å². The van der Waals surface area contributed by atoms with Crippen LogP contribution in [0.15, 0.2) is 0 Å². The molecule has 1 aliphatic heterocycles. The standard InChI is InChI=1S/C14H24ClNO4/c1-9-6-11(12(17)19-8-15)7-10(2)16(9)13(18)20-14(3,4)5/h9-11H,6-8H2,1-5H3/t9-,10+,11?. The number of amides is 1. The van der Waals surface area contributed by atoms with Gasteiger partial charge in [-0.3, -0.25) is 4.79 Å². The van der Waals surface area contributed by atoms with Crippen molar-refractivity contribution in [3.63, 3.8) is 0 Å². The van der Waals surface area contributed by atoms with Gasteiger partial charge in [-0.05, 0) is 47.5 Å². The number of esters is 1. The van der Waals surface area contributed by atoms with Crippen LogP contribution in [-0.2, 0) is 14.3 Å². The van der Waals surface area contributed by atoms with Crippen LogP contribution in [0.25, 0.3) is 0 Å². The molecule has 0 aromatic heterocycles. The number of hydrogen-bond acceptors (Lipinski definition) is 4. The van der Waals surface area contributed by atoms with E-state index < -0.39 is 5.60 Å². The maximum atomic E-state index is 12.2. The minimum Gasteiger partial charge on any atom is -0.449 e. The van der Waals surface area contributed by atoms with Gasteiger partial charge in [0.05, 0.1) is 5.92 Å². The molecule has 0 aliphatic carbocycles. The summed E-state index contributed by atoms with van der Waals surface area (Å²) >= 11 is 5.41. The number of ether oxygens (including phenoxy) is 2. The Balaban J connectivity index is 2.70. The zero-order valence-corrected chi connectivity index (χ0v) is 13.6. The van der Waals surface area contributed by atoms with Crippen molar-refractivity contribution >= 4 is 23.7 Å². The van der Waals surface area contributed by atoms with Gasteiger partial charge in [0, 0.05) is 12.1 Å². The summed E-state index contributed by atoms with van der Waals surface area (Å²) in [5, 5.41) is 0. The zero-order chi connectivity index (χ0) is 15.5. The molecule has 0 N–H and O–H groups in total. The quantitative estimate of drug-likeness (QED) is 0.581. The highest BCUT2D eigenvalue weighted by Gasteiger charge is 2.39. The lowest BCUT2D eigenvalue weighted by Gasteiger charge is -2.42. The fourth-order valence-electron chi connectivity index (χ4n) is 2.62. The highest BCUT2D eigenvalue weighted by atomic mass is 35.5. The van der Waals surface area contributed by atoms with E-state index >= 15 is 0 Å². The van der Waals surface area contributed by atoms with Crippen LogP contribution in [0.3, 0.4) is 0 Å². The number of halogens is 1. The third-order valence-corrected chi connectivity index (χ3v) is 3.44. The fourth-order valence-corrected chi connectivity index (χ4v) is 2.73. The number of likely N-dealkylation sites (tertiary alicyclic amines) is 1. The molecule has 6 heteroatoms. The number of carbonyl (C=O) groups excluding carboxylic acids is 2. The summed E-state index contributed by atoms with van der Waals surface area (Å²) in [5.41, 5.74) is -0.523. The van der Waals surface area contributed by atoms with Crippen molar-refractivity contribution in [2.45, 2.75) is 65.1 Å². The molecule has 0 saturated carbocycles. The van der Waals surface area contributed by atoms with E-state index in [0.717, 1.165) is 0 Å². The Kier molecular flexibility index (Phi) is 5.68. The lowest BCUT2D eigenvalue weighted by atomic mass is 9.87. The third kappa shape index (κ3) is 4.54. The largest absolute Gasteiger partial charge is 0.449 e. The maximum Gasteiger partial charge on any atom is 0.410 e. The van der Waals surface area contributed by atoms with Gasteiger partial charge < -0.3 is 14.4 Å². The van der Waals surface area contributed by atoms with Crippen LogP contribution >= 0.6 is 11.6 Å². The second-order valence-electron chi connectivity index (χ2n) is 6.33. The summed E-state index contributed by atoms with van der Waals surface area (Å²) in [5.74, 6) is -0.500. The highest BCUT2D eigenvalue weighted by Crippen LogP contribution is 2.30. The maximum absolute atomic E-state index is 12.2. The van der Waals surface area contributed by atoms with E-state index in [9.17, 15) is 9.59 Å². The minimum atomic E-state index is -0.523. The monoisotopic (exact) mass is 305 g/mol. The number of piperidine rings is 1. The van der Waals surface area contributed by atoms with Gasteiger partial charge in [-0.15, -0.1) is 0 Å². The second-order valence-corrected chi connectivity index (χ2v) is 6.54. The molecule has 20 heavy (non-hydrogen) atoms. The molecule has 1 amide bonds. The average Bonchev–Trinajstić information content (AvgIpc) is 2.25. The Hall–Kier alpha value is -0.970. The number of alkyl halides is 1. The Bertz CT molecular complexity index is 355. The van der Waals surface area contributed by atoms with Crippen LogP contribution < -0.4 is 0 Å². The van der Waals surface area contributed by atoms with Crippen LogP contribution in [-0.4, -0.2) is 40.7 Å². The molecule has 1 aliphatic rings. The van der Waals surface area contributed by atoms with Gasteiger partial charge in [-0.1, -0.05) is 11.6 Å². The number of hydrogen-bond donors (Lipinski definition) is 0. The van der Waals surface area contributed by atoms with Crippen LogP contribution in [0.4, 0.5) is 4.79 Å². The van der Waals surface area contributed by atoms with Crippen molar-refractivity contribution in [2.75, 3.05) is 6.07 Å². The Morgan fingerprint density at radius 3 is 2.10 bits per heavy atom. The van der Waals surface area contributed by atoms with Gasteiger partial charge in [0.2, 0.25) is 0 Å². The van der Waals surface area contributed by atoms with E-state index in [1.54, 1.807) is 4.90 Å². The van der Waals surface area contributed by atoms with Crippen molar-refractivity contribution in [2.24, 2.45) is 5.92 Å². The summed E-state index contributed by atoms with van der Waals surface area (Å²) in [7, 11) is 0. The molecule has 3 atom stereocenters. The Labute approximate surface area is 125 Å². The molecule has 1 fully saturated rings. The van der Waals surface area contributed by atoms with E-state index in [1.807, 2.05) is 34.6 Å². The molecule has 0 spiro atoms. The van der Waals surface area contributed by atoms with Crippen LogP contribution in [0.5, 0.6) is 0 Å². The van der Waals surface area contributed by atoms with E-state index in [-0.39, 0.29) is 36.1 Å².